The van der Waals surface area contributed by atoms with E-state index in [1.54, 1.807) is 0 Å². The molecule has 47 heavy (non-hydrogen) atoms. The Morgan fingerprint density at radius 1 is 0.936 bits per heavy atom. The molecular weight excluding hydrogens is 683 g/mol. The molecule has 0 heterocycles. The van der Waals surface area contributed by atoms with Crippen LogP contribution >= 0.6 is 12.0 Å². The van der Waals surface area contributed by atoms with Gasteiger partial charge in [-0.2, -0.15) is 18.6 Å². The standard InChI is InChI=1S/C27H23N5O12S3/c1-15(34)42-10-11-46(37,38)20-8-6-19(7-9-20)30-32-26-22(47(39,40)41)13-17-12-21(45-44-43-36)25(27(35)23(17)24(26)28)31-29-18-4-2-16(14-33)3-5-18/h2-9,12-14,35-36H,10-11,28H2,1H3,(H,39,40,41). The number of aromatic hydroxyl groups is 1. The number of nitrogens with two attached hydrogens (primary N) is 1. The van der Waals surface area contributed by atoms with Gasteiger partial charge in [0.05, 0.1) is 50.0 Å². The summed E-state index contributed by atoms with van der Waals surface area (Å²) < 4.78 is 68.8. The SMILES string of the molecule is CC(=O)OCCS(=O)(=O)c1ccc(N=Nc2c(S(=O)(=O)O)cc3cc(SOOO)c(N=Nc4ccc(C=O)cc4)c(O)c3c2N)cc1. The Balaban J connectivity index is 1.79. The number of carbonyl (C=O) groups excluding carboxylic acids is 2. The first-order valence-electron chi connectivity index (χ1n) is 12.8. The minimum atomic E-state index is -5.00. The Kier molecular flexibility index (Phi) is 11.0. The maximum absolute atomic E-state index is 12.5. The number of azo groups is 2. The number of rotatable bonds is 13. The summed E-state index contributed by atoms with van der Waals surface area (Å²) in [6, 6.07) is 13.0. The molecule has 0 saturated heterocycles. The average Bonchev–Trinajstić information content (AvgIpc) is 3.02. The van der Waals surface area contributed by atoms with Crippen LogP contribution in [0.1, 0.15) is 17.3 Å². The minimum absolute atomic E-state index is 0.0460. The smallest absolute Gasteiger partial charge is 0.302 e. The number of nitrogens with zero attached hydrogens (tertiary/aromatic N) is 4. The summed E-state index contributed by atoms with van der Waals surface area (Å²) >= 11 is 0.365. The van der Waals surface area contributed by atoms with Crippen molar-refractivity contribution in [2.24, 2.45) is 20.5 Å². The summed E-state index contributed by atoms with van der Waals surface area (Å²) in [5.74, 6) is -1.73. The zero-order valence-corrected chi connectivity index (χ0v) is 26.3. The molecule has 246 valence electrons. The molecule has 4 rings (SSSR count). The molecule has 0 bridgehead atoms. The molecule has 0 spiro atoms. The van der Waals surface area contributed by atoms with Crippen LogP contribution in [0.4, 0.5) is 28.4 Å². The highest BCUT2D eigenvalue weighted by atomic mass is 32.2. The number of esters is 1. The fraction of sp³-hybridized carbons (Fsp3) is 0.111. The fourth-order valence-electron chi connectivity index (χ4n) is 3.99. The van der Waals surface area contributed by atoms with Crippen LogP contribution < -0.4 is 5.73 Å². The predicted molar refractivity (Wildman–Crippen MR) is 166 cm³/mol. The van der Waals surface area contributed by atoms with Gasteiger partial charge < -0.3 is 15.6 Å². The van der Waals surface area contributed by atoms with Gasteiger partial charge in [-0.25, -0.2) is 13.7 Å². The number of sulfone groups is 1. The quantitative estimate of drug-likeness (QED) is 0.0188. The molecule has 0 aromatic heterocycles. The summed E-state index contributed by atoms with van der Waals surface area (Å²) in [7, 11) is -8.81. The zero-order chi connectivity index (χ0) is 34.4. The van der Waals surface area contributed by atoms with E-state index in [4.69, 9.17) is 11.0 Å². The van der Waals surface area contributed by atoms with E-state index in [1.807, 2.05) is 0 Å². The lowest BCUT2D eigenvalue weighted by Crippen LogP contribution is -2.14. The van der Waals surface area contributed by atoms with Crippen molar-refractivity contribution in [1.82, 2.24) is 0 Å². The zero-order valence-electron chi connectivity index (χ0n) is 23.9. The van der Waals surface area contributed by atoms with Crippen molar-refractivity contribution in [2.45, 2.75) is 21.6 Å². The van der Waals surface area contributed by atoms with Gasteiger partial charge in [-0.3, -0.25) is 14.1 Å². The largest absolute Gasteiger partial charge is 0.505 e. The lowest BCUT2D eigenvalue weighted by molar-refractivity contribution is -0.432. The molecular formula is C27H23N5O12S3. The number of carbonyl (C=O) groups is 2. The van der Waals surface area contributed by atoms with Crippen molar-refractivity contribution in [3.8, 4) is 5.75 Å². The predicted octanol–water partition coefficient (Wildman–Crippen LogP) is 5.78. The highest BCUT2D eigenvalue weighted by Gasteiger charge is 2.25. The molecule has 4 aromatic carbocycles. The van der Waals surface area contributed by atoms with Gasteiger partial charge >= 0.3 is 5.97 Å². The first kappa shape index (κ1) is 35.0. The molecule has 5 N–H and O–H groups in total. The molecule has 0 amide bonds. The van der Waals surface area contributed by atoms with Crippen LogP contribution in [0.2, 0.25) is 0 Å². The minimum Gasteiger partial charge on any atom is -0.505 e. The Morgan fingerprint density at radius 3 is 2.09 bits per heavy atom. The highest BCUT2D eigenvalue weighted by molar-refractivity contribution is 7.94. The van der Waals surface area contributed by atoms with Crippen molar-refractivity contribution >= 4 is 83.5 Å². The Hall–Kier alpha value is -4.83. The second kappa shape index (κ2) is 14.7. The van der Waals surface area contributed by atoms with Gasteiger partial charge in [0, 0.05) is 12.5 Å². The molecule has 0 aliphatic heterocycles. The second-order valence-corrected chi connectivity index (χ2v) is 13.5. The normalized spacial score (nSPS) is 12.2. The van der Waals surface area contributed by atoms with Gasteiger partial charge in [0.15, 0.2) is 15.6 Å². The van der Waals surface area contributed by atoms with Crippen molar-refractivity contribution < 1.29 is 55.5 Å². The second-order valence-electron chi connectivity index (χ2n) is 9.27. The van der Waals surface area contributed by atoms with E-state index in [9.17, 15) is 36.1 Å². The number of phenolic OH excluding ortho intramolecular Hbond substituents is 1. The molecule has 0 radical (unpaired) electrons. The Labute approximate surface area is 270 Å². The highest BCUT2D eigenvalue weighted by Crippen LogP contribution is 2.49. The van der Waals surface area contributed by atoms with Gasteiger partial charge in [0.1, 0.15) is 29.2 Å². The summed E-state index contributed by atoms with van der Waals surface area (Å²) in [6.07, 6.45) is 0.630. The van der Waals surface area contributed by atoms with Gasteiger partial charge in [-0.15, -0.1) is 14.6 Å². The van der Waals surface area contributed by atoms with Crippen LogP contribution in [0.3, 0.4) is 0 Å². The lowest BCUT2D eigenvalue weighted by Gasteiger charge is -2.14. The molecule has 0 unspecified atom stereocenters. The van der Waals surface area contributed by atoms with Gasteiger partial charge in [-0.1, -0.05) is 5.04 Å². The number of hydrogen-bond acceptors (Lipinski definition) is 17. The number of benzene rings is 4. The van der Waals surface area contributed by atoms with Crippen molar-refractivity contribution in [3.05, 3.63) is 66.2 Å². The summed E-state index contributed by atoms with van der Waals surface area (Å²) in [5, 5.41) is 39.1. The third kappa shape index (κ3) is 8.51. The molecule has 4 aromatic rings. The van der Waals surface area contributed by atoms with Crippen LogP contribution in [0, 0.1) is 0 Å². The van der Waals surface area contributed by atoms with Crippen molar-refractivity contribution in [2.75, 3.05) is 18.1 Å². The monoisotopic (exact) mass is 705 g/mol. The molecule has 17 nitrogen and oxygen atoms in total. The van der Waals surface area contributed by atoms with Crippen molar-refractivity contribution in [1.29, 1.82) is 0 Å². The van der Waals surface area contributed by atoms with E-state index in [1.165, 1.54) is 54.6 Å². The number of anilines is 1. The number of ether oxygens (including phenoxy) is 1. The van der Waals surface area contributed by atoms with Crippen LogP contribution in [-0.4, -0.2) is 56.4 Å². The molecule has 0 aliphatic carbocycles. The fourth-order valence-corrected chi connectivity index (χ4v) is 6.25. The Morgan fingerprint density at radius 2 is 1.53 bits per heavy atom. The van der Waals surface area contributed by atoms with E-state index in [2.05, 4.69) is 34.6 Å². The first-order valence-corrected chi connectivity index (χ1v) is 16.7. The molecule has 0 fully saturated rings. The Bertz CT molecular complexity index is 2100. The summed E-state index contributed by atoms with van der Waals surface area (Å²) in [5.41, 5.74) is 5.69. The topological polar surface area (TPSA) is 266 Å². The van der Waals surface area contributed by atoms with Crippen LogP contribution in [0.25, 0.3) is 10.8 Å². The lowest BCUT2D eigenvalue weighted by atomic mass is 10.1. The van der Waals surface area contributed by atoms with E-state index in [0.29, 0.717) is 23.9 Å². The van der Waals surface area contributed by atoms with Gasteiger partial charge in [0.2, 0.25) is 0 Å². The molecule has 0 saturated carbocycles. The molecule has 20 heteroatoms. The average molecular weight is 706 g/mol. The third-order valence-corrected chi connectivity index (χ3v) is 9.34. The van der Waals surface area contributed by atoms with Crippen LogP contribution in [0.5, 0.6) is 5.75 Å². The number of aldehydes is 1. The third-order valence-electron chi connectivity index (χ3n) is 6.16. The van der Waals surface area contributed by atoms with E-state index in [0.717, 1.165) is 13.0 Å². The first-order chi connectivity index (χ1) is 22.2. The van der Waals surface area contributed by atoms with E-state index >= 15 is 0 Å². The molecule has 0 atom stereocenters. The van der Waals surface area contributed by atoms with Gasteiger partial charge in [-0.05, 0) is 66.0 Å². The number of hydrogen-bond donors (Lipinski definition) is 4. The summed E-state index contributed by atoms with van der Waals surface area (Å²) in [6.45, 7) is 0.803. The van der Waals surface area contributed by atoms with Crippen LogP contribution in [0.15, 0.2) is 95.8 Å². The van der Waals surface area contributed by atoms with E-state index in [-0.39, 0.29) is 44.2 Å². The maximum Gasteiger partial charge on any atom is 0.302 e. The number of fused-ring (bicyclic) bond motifs is 1. The van der Waals surface area contributed by atoms with Crippen molar-refractivity contribution in [3.63, 3.8) is 0 Å². The molecule has 0 aliphatic rings. The maximum atomic E-state index is 12.5. The van der Waals surface area contributed by atoms with Gasteiger partial charge in [0.25, 0.3) is 10.1 Å². The summed E-state index contributed by atoms with van der Waals surface area (Å²) in [4.78, 5) is 20.9. The van der Waals surface area contributed by atoms with E-state index < -0.39 is 53.7 Å². The number of nitrogen functional groups attached to an aromatic ring is 1. The van der Waals surface area contributed by atoms with Crippen LogP contribution in [-0.2, 0) is 38.9 Å². The number of phenols is 1.